The highest BCUT2D eigenvalue weighted by Gasteiger charge is 2.23. The Morgan fingerprint density at radius 1 is 1.03 bits per heavy atom. The standard InChI is InChI=1S/C23H29Cl2N5O3/c1-13-19(24)20(25)21(28-13)23(32)30-17-11-14(22(31)29-15-3-2-8-27-12-15)4-5-18(17)33-16-6-9-26-10-7-16/h4-5,11,15-16,26-28H,2-3,6-10,12H2,1H3,(H,29,31)(H,30,32). The van der Waals surface area contributed by atoms with E-state index in [1.807, 2.05) is 0 Å². The first-order valence-corrected chi connectivity index (χ1v) is 12.1. The van der Waals surface area contributed by atoms with Gasteiger partial charge in [0.25, 0.3) is 11.8 Å². The zero-order valence-corrected chi connectivity index (χ0v) is 20.0. The molecule has 0 saturated carbocycles. The van der Waals surface area contributed by atoms with E-state index in [1.165, 1.54) is 0 Å². The van der Waals surface area contributed by atoms with Crippen LogP contribution in [-0.2, 0) is 0 Å². The molecule has 2 amide bonds. The monoisotopic (exact) mass is 493 g/mol. The summed E-state index contributed by atoms with van der Waals surface area (Å²) >= 11 is 12.4. The fourth-order valence-electron chi connectivity index (χ4n) is 4.12. The van der Waals surface area contributed by atoms with Crippen molar-refractivity contribution in [1.29, 1.82) is 0 Å². The lowest BCUT2D eigenvalue weighted by atomic mass is 10.1. The molecule has 0 spiro atoms. The Hall–Kier alpha value is -2.26. The molecule has 0 radical (unpaired) electrons. The fraction of sp³-hybridized carbons (Fsp3) is 0.478. The summed E-state index contributed by atoms with van der Waals surface area (Å²) < 4.78 is 6.20. The van der Waals surface area contributed by atoms with E-state index < -0.39 is 5.91 Å². The summed E-state index contributed by atoms with van der Waals surface area (Å²) in [6, 6.07) is 5.18. The molecule has 2 aromatic rings. The van der Waals surface area contributed by atoms with Crippen LogP contribution in [0.15, 0.2) is 18.2 Å². The number of piperidine rings is 2. The van der Waals surface area contributed by atoms with Crippen LogP contribution in [0, 0.1) is 6.92 Å². The van der Waals surface area contributed by atoms with Gasteiger partial charge < -0.3 is 31.0 Å². The summed E-state index contributed by atoms with van der Waals surface area (Å²) in [6.07, 6.45) is 3.71. The van der Waals surface area contributed by atoms with Gasteiger partial charge in [0, 0.05) is 23.8 Å². The number of aromatic nitrogens is 1. The largest absolute Gasteiger partial charge is 0.488 e. The van der Waals surface area contributed by atoms with Crippen LogP contribution in [0.3, 0.4) is 0 Å². The maximum absolute atomic E-state index is 13.0. The molecule has 3 heterocycles. The Balaban J connectivity index is 1.57. The molecule has 4 rings (SSSR count). The summed E-state index contributed by atoms with van der Waals surface area (Å²) in [5.74, 6) is -0.139. The van der Waals surface area contributed by atoms with Gasteiger partial charge in [0.1, 0.15) is 17.5 Å². The first kappa shape index (κ1) is 23.9. The minimum atomic E-state index is -0.459. The predicted molar refractivity (Wildman–Crippen MR) is 130 cm³/mol. The maximum Gasteiger partial charge on any atom is 0.273 e. The molecular weight excluding hydrogens is 465 g/mol. The fourth-order valence-corrected chi connectivity index (χ4v) is 4.54. The lowest BCUT2D eigenvalue weighted by Crippen LogP contribution is -2.45. The van der Waals surface area contributed by atoms with Gasteiger partial charge in [0.05, 0.1) is 15.7 Å². The van der Waals surface area contributed by atoms with Crippen molar-refractivity contribution in [2.75, 3.05) is 31.5 Å². The second kappa shape index (κ2) is 10.8. The van der Waals surface area contributed by atoms with Crippen molar-refractivity contribution in [2.45, 2.75) is 44.8 Å². The molecule has 178 valence electrons. The summed E-state index contributed by atoms with van der Waals surface area (Å²) in [4.78, 5) is 28.8. The van der Waals surface area contributed by atoms with E-state index in [0.717, 1.165) is 51.9 Å². The number of amides is 2. The van der Waals surface area contributed by atoms with Gasteiger partial charge in [-0.05, 0) is 70.4 Å². The van der Waals surface area contributed by atoms with Gasteiger partial charge in [-0.2, -0.15) is 0 Å². The molecule has 0 bridgehead atoms. The third-order valence-corrected chi connectivity index (χ3v) is 6.93. The second-order valence-electron chi connectivity index (χ2n) is 8.50. The van der Waals surface area contributed by atoms with Crippen molar-refractivity contribution >= 4 is 40.7 Å². The van der Waals surface area contributed by atoms with E-state index >= 15 is 0 Å². The molecule has 8 nitrogen and oxygen atoms in total. The lowest BCUT2D eigenvalue weighted by Gasteiger charge is -2.26. The summed E-state index contributed by atoms with van der Waals surface area (Å²) in [5.41, 5.74) is 1.62. The van der Waals surface area contributed by atoms with E-state index in [9.17, 15) is 9.59 Å². The van der Waals surface area contributed by atoms with Gasteiger partial charge in [-0.3, -0.25) is 9.59 Å². The number of halogens is 2. The van der Waals surface area contributed by atoms with Crippen LogP contribution in [0.4, 0.5) is 5.69 Å². The smallest absolute Gasteiger partial charge is 0.273 e. The Morgan fingerprint density at radius 3 is 2.48 bits per heavy atom. The van der Waals surface area contributed by atoms with Gasteiger partial charge in [-0.25, -0.2) is 0 Å². The van der Waals surface area contributed by atoms with Crippen molar-refractivity contribution in [2.24, 2.45) is 0 Å². The minimum absolute atomic E-state index is 0.0284. The number of carbonyl (C=O) groups is 2. The second-order valence-corrected chi connectivity index (χ2v) is 9.26. The molecule has 2 fully saturated rings. The number of H-pyrrole nitrogens is 1. The van der Waals surface area contributed by atoms with E-state index in [1.54, 1.807) is 25.1 Å². The molecule has 1 unspecified atom stereocenters. The van der Waals surface area contributed by atoms with E-state index in [-0.39, 0.29) is 28.8 Å². The topological polar surface area (TPSA) is 107 Å². The van der Waals surface area contributed by atoms with Crippen LogP contribution in [0.2, 0.25) is 10.0 Å². The van der Waals surface area contributed by atoms with Crippen molar-refractivity contribution in [1.82, 2.24) is 20.9 Å². The third kappa shape index (κ3) is 5.81. The van der Waals surface area contributed by atoms with Crippen LogP contribution in [0.5, 0.6) is 5.75 Å². The molecular formula is C23H29Cl2N5O3. The lowest BCUT2D eigenvalue weighted by molar-refractivity contribution is 0.0929. The molecule has 10 heteroatoms. The van der Waals surface area contributed by atoms with Gasteiger partial charge in [0.2, 0.25) is 0 Å². The Labute approximate surface area is 203 Å². The van der Waals surface area contributed by atoms with E-state index in [4.69, 9.17) is 27.9 Å². The van der Waals surface area contributed by atoms with Gasteiger partial charge in [0.15, 0.2) is 0 Å². The average Bonchev–Trinajstić information content (AvgIpc) is 3.09. The SMILES string of the molecule is Cc1[nH]c(C(=O)Nc2cc(C(=O)NC3CCCNC3)ccc2OC2CCNCC2)c(Cl)c1Cl. The molecule has 1 aromatic carbocycles. The van der Waals surface area contributed by atoms with Crippen LogP contribution < -0.4 is 26.0 Å². The van der Waals surface area contributed by atoms with Crippen molar-refractivity contribution in [3.8, 4) is 5.75 Å². The Morgan fingerprint density at radius 2 is 1.82 bits per heavy atom. The molecule has 33 heavy (non-hydrogen) atoms. The highest BCUT2D eigenvalue weighted by molar-refractivity contribution is 6.44. The molecule has 1 atom stereocenters. The van der Waals surface area contributed by atoms with Crippen molar-refractivity contribution < 1.29 is 14.3 Å². The van der Waals surface area contributed by atoms with E-state index in [2.05, 4.69) is 26.3 Å². The minimum Gasteiger partial charge on any atom is -0.488 e. The van der Waals surface area contributed by atoms with Crippen LogP contribution in [0.25, 0.3) is 0 Å². The normalized spacial score (nSPS) is 19.2. The zero-order chi connectivity index (χ0) is 23.4. The maximum atomic E-state index is 13.0. The van der Waals surface area contributed by atoms with Gasteiger partial charge in [-0.1, -0.05) is 23.2 Å². The number of benzene rings is 1. The number of nitrogens with one attached hydrogen (secondary N) is 5. The molecule has 2 saturated heterocycles. The Kier molecular flexibility index (Phi) is 7.80. The molecule has 5 N–H and O–H groups in total. The number of carbonyl (C=O) groups excluding carboxylic acids is 2. The number of aromatic amines is 1. The summed E-state index contributed by atoms with van der Waals surface area (Å²) in [7, 11) is 0. The Bertz CT molecular complexity index is 1010. The highest BCUT2D eigenvalue weighted by Crippen LogP contribution is 2.32. The van der Waals surface area contributed by atoms with Crippen LogP contribution in [-0.4, -0.2) is 55.1 Å². The molecule has 0 aliphatic carbocycles. The quantitative estimate of drug-likeness (QED) is 0.423. The predicted octanol–water partition coefficient (Wildman–Crippen LogP) is 3.49. The molecule has 1 aromatic heterocycles. The van der Waals surface area contributed by atoms with Crippen LogP contribution in [0.1, 0.15) is 52.2 Å². The average molecular weight is 494 g/mol. The first-order valence-electron chi connectivity index (χ1n) is 11.3. The van der Waals surface area contributed by atoms with Crippen molar-refractivity contribution in [3.63, 3.8) is 0 Å². The van der Waals surface area contributed by atoms with Gasteiger partial charge in [-0.15, -0.1) is 0 Å². The first-order chi connectivity index (χ1) is 15.9. The number of aryl methyl sites for hydroxylation is 1. The number of rotatable bonds is 6. The van der Waals surface area contributed by atoms with Crippen molar-refractivity contribution in [3.05, 3.63) is 45.2 Å². The molecule has 2 aliphatic rings. The summed E-state index contributed by atoms with van der Waals surface area (Å²) in [6.45, 7) is 5.20. The zero-order valence-electron chi connectivity index (χ0n) is 18.5. The van der Waals surface area contributed by atoms with Crippen LogP contribution >= 0.6 is 23.2 Å². The number of ether oxygens (including phenoxy) is 1. The van der Waals surface area contributed by atoms with Gasteiger partial charge >= 0.3 is 0 Å². The number of anilines is 1. The number of hydrogen-bond acceptors (Lipinski definition) is 5. The highest BCUT2D eigenvalue weighted by atomic mass is 35.5. The van der Waals surface area contributed by atoms with E-state index in [0.29, 0.717) is 27.7 Å². The third-order valence-electron chi connectivity index (χ3n) is 5.98. The number of hydrogen-bond donors (Lipinski definition) is 5. The molecule has 2 aliphatic heterocycles. The summed E-state index contributed by atoms with van der Waals surface area (Å²) in [5, 5.41) is 13.0.